The maximum Gasteiger partial charge on any atom is 0.223 e. The summed E-state index contributed by atoms with van der Waals surface area (Å²) in [5.41, 5.74) is 0. The lowest BCUT2D eigenvalue weighted by atomic mass is 10.0. The van der Waals surface area contributed by atoms with Gasteiger partial charge in [-0.3, -0.25) is 4.79 Å². The van der Waals surface area contributed by atoms with E-state index in [-0.39, 0.29) is 11.8 Å². The lowest BCUT2D eigenvalue weighted by molar-refractivity contribution is -0.125. The van der Waals surface area contributed by atoms with E-state index in [9.17, 15) is 4.79 Å². The molecule has 1 saturated carbocycles. The summed E-state index contributed by atoms with van der Waals surface area (Å²) in [6.45, 7) is 4.91. The Hall–Kier alpha value is -0.240. The van der Waals surface area contributed by atoms with Gasteiger partial charge in [0.15, 0.2) is 0 Å². The molecule has 1 aliphatic rings. The number of alkyl halides is 1. The first-order valence-corrected chi connectivity index (χ1v) is 6.02. The monoisotopic (exact) mass is 217 g/mol. The molecule has 0 aromatic carbocycles. The van der Waals surface area contributed by atoms with Crippen LogP contribution in [0, 0.1) is 17.8 Å². The minimum absolute atomic E-state index is 0.207. The second-order valence-corrected chi connectivity index (χ2v) is 4.83. The number of hydrogen-bond acceptors (Lipinski definition) is 1. The Bertz CT molecular complexity index is 192. The van der Waals surface area contributed by atoms with Crippen LogP contribution in [-0.2, 0) is 4.79 Å². The molecule has 2 unspecified atom stereocenters. The SMILES string of the molecule is CC(CCCl)CNC(=O)C(C)C1CC1. The lowest BCUT2D eigenvalue weighted by Gasteiger charge is -2.14. The van der Waals surface area contributed by atoms with Crippen molar-refractivity contribution in [3.05, 3.63) is 0 Å². The van der Waals surface area contributed by atoms with Crippen molar-refractivity contribution in [2.24, 2.45) is 17.8 Å². The van der Waals surface area contributed by atoms with Gasteiger partial charge in [-0.25, -0.2) is 0 Å². The lowest BCUT2D eigenvalue weighted by Crippen LogP contribution is -2.33. The van der Waals surface area contributed by atoms with Crippen molar-refractivity contribution in [2.45, 2.75) is 33.1 Å². The van der Waals surface area contributed by atoms with Gasteiger partial charge in [-0.2, -0.15) is 0 Å². The van der Waals surface area contributed by atoms with Gasteiger partial charge in [0.1, 0.15) is 0 Å². The Balaban J connectivity index is 2.13. The number of carbonyl (C=O) groups excluding carboxylic acids is 1. The standard InChI is InChI=1S/C11H20ClNO/c1-8(5-6-12)7-13-11(14)9(2)10-3-4-10/h8-10H,3-7H2,1-2H3,(H,13,14). The highest BCUT2D eigenvalue weighted by Gasteiger charge is 2.32. The summed E-state index contributed by atoms with van der Waals surface area (Å²) in [4.78, 5) is 11.6. The Morgan fingerprint density at radius 3 is 2.64 bits per heavy atom. The van der Waals surface area contributed by atoms with E-state index in [1.165, 1.54) is 12.8 Å². The van der Waals surface area contributed by atoms with Crippen molar-refractivity contribution in [1.82, 2.24) is 5.32 Å². The molecule has 1 aliphatic carbocycles. The Labute approximate surface area is 91.4 Å². The van der Waals surface area contributed by atoms with Crippen molar-refractivity contribution in [1.29, 1.82) is 0 Å². The van der Waals surface area contributed by atoms with Gasteiger partial charge >= 0.3 is 0 Å². The zero-order valence-electron chi connectivity index (χ0n) is 9.05. The second-order valence-electron chi connectivity index (χ2n) is 4.45. The van der Waals surface area contributed by atoms with Crippen LogP contribution in [0.4, 0.5) is 0 Å². The molecule has 0 aromatic rings. The van der Waals surface area contributed by atoms with E-state index >= 15 is 0 Å². The molecule has 3 heteroatoms. The molecule has 0 aromatic heterocycles. The molecule has 0 radical (unpaired) electrons. The summed E-state index contributed by atoms with van der Waals surface area (Å²) < 4.78 is 0. The summed E-state index contributed by atoms with van der Waals surface area (Å²) in [5.74, 6) is 2.24. The van der Waals surface area contributed by atoms with Crippen LogP contribution in [-0.4, -0.2) is 18.3 Å². The molecule has 1 N–H and O–H groups in total. The van der Waals surface area contributed by atoms with Gasteiger partial charge in [-0.05, 0) is 31.1 Å². The fraction of sp³-hybridized carbons (Fsp3) is 0.909. The first-order chi connectivity index (χ1) is 6.65. The van der Waals surface area contributed by atoms with Crippen LogP contribution >= 0.6 is 11.6 Å². The van der Waals surface area contributed by atoms with Crippen LogP contribution in [0.1, 0.15) is 33.1 Å². The van der Waals surface area contributed by atoms with E-state index < -0.39 is 0 Å². The first-order valence-electron chi connectivity index (χ1n) is 5.48. The first kappa shape index (κ1) is 11.8. The normalized spacial score (nSPS) is 20.2. The van der Waals surface area contributed by atoms with Crippen LogP contribution in [0.5, 0.6) is 0 Å². The summed E-state index contributed by atoms with van der Waals surface area (Å²) in [6.07, 6.45) is 3.43. The number of rotatable bonds is 6. The molecule has 0 heterocycles. The average Bonchev–Trinajstić information content (AvgIpc) is 2.96. The van der Waals surface area contributed by atoms with E-state index in [0.29, 0.717) is 17.7 Å². The number of halogens is 1. The van der Waals surface area contributed by atoms with Crippen molar-refractivity contribution in [3.8, 4) is 0 Å². The molecular formula is C11H20ClNO. The Kier molecular flexibility index (Phi) is 4.73. The average molecular weight is 218 g/mol. The van der Waals surface area contributed by atoms with E-state index in [2.05, 4.69) is 12.2 Å². The number of nitrogens with one attached hydrogen (secondary N) is 1. The minimum Gasteiger partial charge on any atom is -0.356 e. The molecule has 82 valence electrons. The topological polar surface area (TPSA) is 29.1 Å². The molecular weight excluding hydrogens is 198 g/mol. The molecule has 2 nitrogen and oxygen atoms in total. The minimum atomic E-state index is 0.207. The van der Waals surface area contributed by atoms with Crippen molar-refractivity contribution in [3.63, 3.8) is 0 Å². The molecule has 14 heavy (non-hydrogen) atoms. The van der Waals surface area contributed by atoms with E-state index in [1.807, 2.05) is 6.92 Å². The van der Waals surface area contributed by atoms with Crippen LogP contribution in [0.25, 0.3) is 0 Å². The van der Waals surface area contributed by atoms with E-state index in [4.69, 9.17) is 11.6 Å². The third kappa shape index (κ3) is 3.87. The van der Waals surface area contributed by atoms with Crippen LogP contribution in [0.15, 0.2) is 0 Å². The Morgan fingerprint density at radius 2 is 2.14 bits per heavy atom. The van der Waals surface area contributed by atoms with Gasteiger partial charge in [-0.1, -0.05) is 13.8 Å². The molecule has 2 atom stereocenters. The summed E-state index contributed by atoms with van der Waals surface area (Å²) in [5, 5.41) is 2.99. The van der Waals surface area contributed by atoms with Gasteiger partial charge in [0.05, 0.1) is 0 Å². The smallest absolute Gasteiger partial charge is 0.223 e. The fourth-order valence-corrected chi connectivity index (χ4v) is 1.91. The fourth-order valence-electron chi connectivity index (χ4n) is 1.53. The van der Waals surface area contributed by atoms with Crippen LogP contribution in [0.2, 0.25) is 0 Å². The molecule has 0 bridgehead atoms. The summed E-state index contributed by atoms with van der Waals surface area (Å²) >= 11 is 5.62. The highest BCUT2D eigenvalue weighted by molar-refractivity contribution is 6.17. The van der Waals surface area contributed by atoms with Gasteiger partial charge in [0.25, 0.3) is 0 Å². The van der Waals surface area contributed by atoms with E-state index in [1.54, 1.807) is 0 Å². The number of carbonyl (C=O) groups is 1. The molecule has 0 saturated heterocycles. The second kappa shape index (κ2) is 5.59. The molecule has 1 rings (SSSR count). The van der Waals surface area contributed by atoms with Gasteiger partial charge in [0.2, 0.25) is 5.91 Å². The van der Waals surface area contributed by atoms with Crippen molar-refractivity contribution in [2.75, 3.05) is 12.4 Å². The van der Waals surface area contributed by atoms with Crippen molar-refractivity contribution >= 4 is 17.5 Å². The third-order valence-corrected chi connectivity index (χ3v) is 3.19. The predicted molar refractivity (Wildman–Crippen MR) is 59.4 cm³/mol. The van der Waals surface area contributed by atoms with Crippen LogP contribution < -0.4 is 5.32 Å². The molecule has 1 fully saturated rings. The number of hydrogen-bond donors (Lipinski definition) is 1. The maximum atomic E-state index is 11.6. The number of amides is 1. The molecule has 0 aliphatic heterocycles. The predicted octanol–water partition coefficient (Wildman–Crippen LogP) is 2.41. The maximum absolute atomic E-state index is 11.6. The molecule has 0 spiro atoms. The summed E-state index contributed by atoms with van der Waals surface area (Å²) in [7, 11) is 0. The highest BCUT2D eigenvalue weighted by Crippen LogP contribution is 2.36. The molecule has 1 amide bonds. The Morgan fingerprint density at radius 1 is 1.50 bits per heavy atom. The zero-order valence-corrected chi connectivity index (χ0v) is 9.81. The van der Waals surface area contributed by atoms with E-state index in [0.717, 1.165) is 13.0 Å². The van der Waals surface area contributed by atoms with Gasteiger partial charge in [0, 0.05) is 18.3 Å². The third-order valence-electron chi connectivity index (χ3n) is 2.97. The van der Waals surface area contributed by atoms with Crippen molar-refractivity contribution < 1.29 is 4.79 Å². The van der Waals surface area contributed by atoms with Gasteiger partial charge < -0.3 is 5.32 Å². The zero-order chi connectivity index (χ0) is 10.6. The highest BCUT2D eigenvalue weighted by atomic mass is 35.5. The van der Waals surface area contributed by atoms with Crippen LogP contribution in [0.3, 0.4) is 0 Å². The largest absolute Gasteiger partial charge is 0.356 e. The summed E-state index contributed by atoms with van der Waals surface area (Å²) in [6, 6.07) is 0. The quantitative estimate of drug-likeness (QED) is 0.681. The van der Waals surface area contributed by atoms with Gasteiger partial charge in [-0.15, -0.1) is 11.6 Å².